The second kappa shape index (κ2) is 14.5. The van der Waals surface area contributed by atoms with Gasteiger partial charge in [0.25, 0.3) is 0 Å². The molecule has 0 rings (SSSR count). The molecule has 0 atom stereocenters. The van der Waals surface area contributed by atoms with Gasteiger partial charge in [0.15, 0.2) is 0 Å². The van der Waals surface area contributed by atoms with Crippen LogP contribution in [0.5, 0.6) is 0 Å². The molecule has 0 heteroatoms. The SMILES string of the molecule is CCCCCC/C=C\C=C/CCCCCC. The molecule has 0 N–H and O–H groups in total. The van der Waals surface area contributed by atoms with Crippen molar-refractivity contribution in [2.24, 2.45) is 0 Å². The molecule has 0 unspecified atom stereocenters. The third-order valence-corrected chi connectivity index (χ3v) is 2.83. The standard InChI is InChI=1S/C16H30/c1-3-5-7-9-11-13-15-16-14-12-10-8-6-4-2/h13-16H,3-12H2,1-2H3/b15-13-,16-14-. The van der Waals surface area contributed by atoms with E-state index in [0.29, 0.717) is 0 Å². The zero-order valence-electron chi connectivity index (χ0n) is 11.4. The van der Waals surface area contributed by atoms with Crippen LogP contribution < -0.4 is 0 Å². The monoisotopic (exact) mass is 222 g/mol. The number of rotatable bonds is 11. The number of hydrogen-bond donors (Lipinski definition) is 0. The van der Waals surface area contributed by atoms with Crippen LogP contribution >= 0.6 is 0 Å². The molecule has 0 nitrogen and oxygen atoms in total. The van der Waals surface area contributed by atoms with Crippen molar-refractivity contribution in [3.8, 4) is 0 Å². The van der Waals surface area contributed by atoms with E-state index in [1.54, 1.807) is 0 Å². The largest absolute Gasteiger partial charge is 0.0845 e. The molecule has 16 heavy (non-hydrogen) atoms. The van der Waals surface area contributed by atoms with Gasteiger partial charge in [-0.1, -0.05) is 76.7 Å². The first-order chi connectivity index (χ1) is 7.91. The predicted octanol–water partition coefficient (Wildman–Crippen LogP) is 6.04. The summed E-state index contributed by atoms with van der Waals surface area (Å²) in [5.41, 5.74) is 0. The average Bonchev–Trinajstić information content (AvgIpc) is 2.31. The molecule has 94 valence electrons. The van der Waals surface area contributed by atoms with Gasteiger partial charge in [-0.25, -0.2) is 0 Å². The van der Waals surface area contributed by atoms with Crippen molar-refractivity contribution in [2.75, 3.05) is 0 Å². The second-order valence-electron chi connectivity index (χ2n) is 4.55. The number of unbranched alkanes of at least 4 members (excludes halogenated alkanes) is 8. The van der Waals surface area contributed by atoms with Crippen molar-refractivity contribution in [3.63, 3.8) is 0 Å². The molecule has 0 saturated carbocycles. The van der Waals surface area contributed by atoms with E-state index in [4.69, 9.17) is 0 Å². The van der Waals surface area contributed by atoms with Gasteiger partial charge >= 0.3 is 0 Å². The Morgan fingerprint density at radius 1 is 0.562 bits per heavy atom. The zero-order chi connectivity index (χ0) is 11.9. The van der Waals surface area contributed by atoms with Crippen LogP contribution in [-0.2, 0) is 0 Å². The van der Waals surface area contributed by atoms with Crippen molar-refractivity contribution >= 4 is 0 Å². The van der Waals surface area contributed by atoms with Crippen molar-refractivity contribution in [1.82, 2.24) is 0 Å². The van der Waals surface area contributed by atoms with Crippen LogP contribution in [0.2, 0.25) is 0 Å². The predicted molar refractivity (Wildman–Crippen MR) is 75.8 cm³/mol. The Labute approximate surface area is 103 Å². The average molecular weight is 222 g/mol. The Morgan fingerprint density at radius 3 is 1.38 bits per heavy atom. The fraction of sp³-hybridized carbons (Fsp3) is 0.750. The van der Waals surface area contributed by atoms with Crippen LogP contribution in [-0.4, -0.2) is 0 Å². The summed E-state index contributed by atoms with van der Waals surface area (Å²) in [5, 5.41) is 0. The molecule has 0 bridgehead atoms. The third kappa shape index (κ3) is 13.5. The molecule has 0 amide bonds. The molecule has 0 spiro atoms. The lowest BCUT2D eigenvalue weighted by atomic mass is 10.1. The molecule has 0 heterocycles. The molecule has 0 fully saturated rings. The van der Waals surface area contributed by atoms with E-state index in [0.717, 1.165) is 0 Å². The van der Waals surface area contributed by atoms with E-state index >= 15 is 0 Å². The topological polar surface area (TPSA) is 0 Å². The molecule has 0 aromatic carbocycles. The van der Waals surface area contributed by atoms with Crippen molar-refractivity contribution in [1.29, 1.82) is 0 Å². The maximum atomic E-state index is 2.30. The summed E-state index contributed by atoms with van der Waals surface area (Å²) in [7, 11) is 0. The van der Waals surface area contributed by atoms with Gasteiger partial charge in [0.2, 0.25) is 0 Å². The number of hydrogen-bond acceptors (Lipinski definition) is 0. The highest BCUT2D eigenvalue weighted by Crippen LogP contribution is 2.04. The van der Waals surface area contributed by atoms with Gasteiger partial charge in [0, 0.05) is 0 Å². The highest BCUT2D eigenvalue weighted by Gasteiger charge is 1.84. The first kappa shape index (κ1) is 15.5. The Hall–Kier alpha value is -0.520. The van der Waals surface area contributed by atoms with Gasteiger partial charge in [-0.2, -0.15) is 0 Å². The fourth-order valence-corrected chi connectivity index (χ4v) is 1.73. The molecule has 0 radical (unpaired) electrons. The maximum absolute atomic E-state index is 2.30. The van der Waals surface area contributed by atoms with E-state index in [1.807, 2.05) is 0 Å². The molecular weight excluding hydrogens is 192 g/mol. The number of allylic oxidation sites excluding steroid dienone is 4. The Balaban J connectivity index is 3.15. The van der Waals surface area contributed by atoms with Crippen LogP contribution in [0, 0.1) is 0 Å². The summed E-state index contributed by atoms with van der Waals surface area (Å²) in [4.78, 5) is 0. The van der Waals surface area contributed by atoms with Crippen molar-refractivity contribution < 1.29 is 0 Å². The molecular formula is C16H30. The summed E-state index contributed by atoms with van der Waals surface area (Å²) in [6, 6.07) is 0. The molecule has 0 aliphatic heterocycles. The first-order valence-electron chi connectivity index (χ1n) is 7.23. The molecule has 0 saturated heterocycles. The minimum atomic E-state index is 1.25. The van der Waals surface area contributed by atoms with Gasteiger partial charge in [-0.15, -0.1) is 0 Å². The van der Waals surface area contributed by atoms with Gasteiger partial charge in [0.05, 0.1) is 0 Å². The Bertz CT molecular complexity index is 145. The van der Waals surface area contributed by atoms with Gasteiger partial charge < -0.3 is 0 Å². The third-order valence-electron chi connectivity index (χ3n) is 2.83. The smallest absolute Gasteiger partial charge is 0.0348 e. The summed E-state index contributed by atoms with van der Waals surface area (Å²) in [5.74, 6) is 0. The maximum Gasteiger partial charge on any atom is -0.0348 e. The second-order valence-corrected chi connectivity index (χ2v) is 4.55. The highest BCUT2D eigenvalue weighted by molar-refractivity contribution is 5.02. The van der Waals surface area contributed by atoms with Gasteiger partial charge in [-0.05, 0) is 25.7 Å². The minimum absolute atomic E-state index is 1.25. The lowest BCUT2D eigenvalue weighted by Gasteiger charge is -1.94. The van der Waals surface area contributed by atoms with Crippen LogP contribution in [0.4, 0.5) is 0 Å². The lowest BCUT2D eigenvalue weighted by molar-refractivity contribution is 0.673. The fourth-order valence-electron chi connectivity index (χ4n) is 1.73. The lowest BCUT2D eigenvalue weighted by Crippen LogP contribution is -1.74. The Kier molecular flexibility index (Phi) is 14.0. The van der Waals surface area contributed by atoms with E-state index in [-0.39, 0.29) is 0 Å². The summed E-state index contributed by atoms with van der Waals surface area (Å²) >= 11 is 0. The highest BCUT2D eigenvalue weighted by atomic mass is 13.9. The minimum Gasteiger partial charge on any atom is -0.0845 e. The quantitative estimate of drug-likeness (QED) is 0.295. The molecule has 0 aliphatic carbocycles. The van der Waals surface area contributed by atoms with E-state index < -0.39 is 0 Å². The van der Waals surface area contributed by atoms with Crippen LogP contribution in [0.15, 0.2) is 24.3 Å². The van der Waals surface area contributed by atoms with Gasteiger partial charge in [0.1, 0.15) is 0 Å². The molecule has 0 aromatic rings. The van der Waals surface area contributed by atoms with E-state index in [1.165, 1.54) is 64.2 Å². The van der Waals surface area contributed by atoms with Gasteiger partial charge in [-0.3, -0.25) is 0 Å². The summed E-state index contributed by atoms with van der Waals surface area (Å²) in [6.07, 6.45) is 22.5. The van der Waals surface area contributed by atoms with Crippen LogP contribution in [0.25, 0.3) is 0 Å². The zero-order valence-corrected chi connectivity index (χ0v) is 11.4. The molecule has 0 aromatic heterocycles. The van der Waals surface area contributed by atoms with Crippen molar-refractivity contribution in [2.45, 2.75) is 78.1 Å². The van der Waals surface area contributed by atoms with Crippen LogP contribution in [0.3, 0.4) is 0 Å². The van der Waals surface area contributed by atoms with Crippen LogP contribution in [0.1, 0.15) is 78.1 Å². The molecule has 0 aliphatic rings. The van der Waals surface area contributed by atoms with E-state index in [9.17, 15) is 0 Å². The van der Waals surface area contributed by atoms with E-state index in [2.05, 4.69) is 38.2 Å². The van der Waals surface area contributed by atoms with Crippen molar-refractivity contribution in [3.05, 3.63) is 24.3 Å². The first-order valence-corrected chi connectivity index (χ1v) is 7.23. The Morgan fingerprint density at radius 2 is 1.00 bits per heavy atom. The summed E-state index contributed by atoms with van der Waals surface area (Å²) < 4.78 is 0. The normalized spacial score (nSPS) is 11.9. The summed E-state index contributed by atoms with van der Waals surface area (Å²) in [6.45, 7) is 4.52.